The maximum Gasteiger partial charge on any atom is 0.227 e. The largest absolute Gasteiger partial charge is 0.504 e. The van der Waals surface area contributed by atoms with Crippen molar-refractivity contribution in [2.75, 3.05) is 14.2 Å². The zero-order valence-electron chi connectivity index (χ0n) is 21.1. The summed E-state index contributed by atoms with van der Waals surface area (Å²) >= 11 is 0. The third-order valence-electron chi connectivity index (χ3n) is 5.91. The van der Waals surface area contributed by atoms with Gasteiger partial charge in [-0.1, -0.05) is 36.4 Å². The van der Waals surface area contributed by atoms with E-state index in [2.05, 4.69) is 20.5 Å². The molecule has 0 bridgehead atoms. The number of hydrogen-bond acceptors (Lipinski definition) is 9. The predicted molar refractivity (Wildman–Crippen MR) is 136 cm³/mol. The van der Waals surface area contributed by atoms with Crippen molar-refractivity contribution in [2.24, 2.45) is 0 Å². The van der Waals surface area contributed by atoms with Gasteiger partial charge in [-0.25, -0.2) is 4.98 Å². The van der Waals surface area contributed by atoms with Crippen molar-refractivity contribution >= 4 is 5.91 Å². The van der Waals surface area contributed by atoms with Crippen LogP contribution in [0.5, 0.6) is 17.2 Å². The Balaban J connectivity index is 1.71. The first-order valence-electron chi connectivity index (χ1n) is 11.8. The van der Waals surface area contributed by atoms with E-state index in [0.717, 1.165) is 5.56 Å². The molecule has 11 nitrogen and oxygen atoms in total. The number of aryl methyl sites for hydroxylation is 1. The molecule has 1 amide bonds. The lowest BCUT2D eigenvalue weighted by molar-refractivity contribution is -0.122. The van der Waals surface area contributed by atoms with Crippen LogP contribution in [0.4, 0.5) is 0 Å². The zero-order valence-corrected chi connectivity index (χ0v) is 21.1. The first-order chi connectivity index (χ1) is 18.3. The molecule has 0 aliphatic heterocycles. The van der Waals surface area contributed by atoms with E-state index in [1.807, 2.05) is 30.3 Å². The molecule has 0 radical (unpaired) electrons. The average Bonchev–Trinajstić information content (AvgIpc) is 3.37. The van der Waals surface area contributed by atoms with Gasteiger partial charge in [0.05, 0.1) is 13.0 Å². The highest BCUT2D eigenvalue weighted by molar-refractivity contribution is 5.78. The SMILES string of the molecule is COCc1nc(C(NC(=O)CC(c2ccc(O)c(OC)c2)c2oc(C)cc(=O)c2O)c2ccccc2)n[nH]1. The molecule has 0 aliphatic rings. The Labute approximate surface area is 218 Å². The Morgan fingerprint density at radius 3 is 2.58 bits per heavy atom. The number of carbonyl (C=O) groups is 1. The Morgan fingerprint density at radius 1 is 1.11 bits per heavy atom. The van der Waals surface area contributed by atoms with Gasteiger partial charge in [0, 0.05) is 19.6 Å². The fourth-order valence-electron chi connectivity index (χ4n) is 4.12. The van der Waals surface area contributed by atoms with Gasteiger partial charge in [0.15, 0.2) is 28.9 Å². The van der Waals surface area contributed by atoms with Gasteiger partial charge in [0.2, 0.25) is 17.1 Å². The molecule has 0 aliphatic carbocycles. The number of aromatic nitrogens is 3. The topological polar surface area (TPSA) is 160 Å². The molecule has 11 heteroatoms. The second kappa shape index (κ2) is 11.6. The second-order valence-corrected chi connectivity index (χ2v) is 8.61. The lowest BCUT2D eigenvalue weighted by atomic mass is 9.91. The van der Waals surface area contributed by atoms with Crippen LogP contribution in [-0.2, 0) is 16.1 Å². The number of carbonyl (C=O) groups excluding carboxylic acids is 1. The standard InChI is InChI=1S/C27H28N4O7/c1-15-11-20(33)25(35)26(38-15)18(17-9-10-19(32)21(12-17)37-3)13-23(34)29-24(16-7-5-4-6-8-16)27-28-22(14-36-2)30-31-27/h4-12,18,24,32,35H,13-14H2,1-3H3,(H,29,34)(H,28,30,31). The summed E-state index contributed by atoms with van der Waals surface area (Å²) in [5.74, 6) is -0.823. The van der Waals surface area contributed by atoms with Gasteiger partial charge in [-0.05, 0) is 30.2 Å². The normalized spacial score (nSPS) is 12.6. The van der Waals surface area contributed by atoms with Crippen LogP contribution in [-0.4, -0.2) is 45.5 Å². The number of amides is 1. The molecule has 2 heterocycles. The first kappa shape index (κ1) is 26.4. The van der Waals surface area contributed by atoms with E-state index >= 15 is 0 Å². The number of methoxy groups -OCH3 is 2. The highest BCUT2D eigenvalue weighted by atomic mass is 16.5. The van der Waals surface area contributed by atoms with Gasteiger partial charge >= 0.3 is 0 Å². The number of H-pyrrole nitrogens is 1. The number of phenolic OH excluding ortho intramolecular Hbond substituents is 1. The van der Waals surface area contributed by atoms with E-state index in [0.29, 0.717) is 17.2 Å². The lowest BCUT2D eigenvalue weighted by Crippen LogP contribution is -2.31. The van der Waals surface area contributed by atoms with Gasteiger partial charge in [-0.2, -0.15) is 5.10 Å². The van der Waals surface area contributed by atoms with E-state index in [4.69, 9.17) is 13.9 Å². The van der Waals surface area contributed by atoms with Crippen LogP contribution in [0.15, 0.2) is 63.8 Å². The molecule has 2 atom stereocenters. The molecule has 198 valence electrons. The minimum absolute atomic E-state index is 0.0746. The summed E-state index contributed by atoms with van der Waals surface area (Å²) in [6.45, 7) is 1.80. The smallest absolute Gasteiger partial charge is 0.227 e. The summed E-state index contributed by atoms with van der Waals surface area (Å²) in [5, 5.41) is 30.7. The number of nitrogens with one attached hydrogen (secondary N) is 2. The molecule has 0 saturated heterocycles. The van der Waals surface area contributed by atoms with Crippen LogP contribution in [0.25, 0.3) is 0 Å². The van der Waals surface area contributed by atoms with Crippen LogP contribution in [0, 0.1) is 6.92 Å². The average molecular weight is 521 g/mol. The van der Waals surface area contributed by atoms with Gasteiger partial charge in [0.1, 0.15) is 18.4 Å². The zero-order chi connectivity index (χ0) is 27.2. The van der Waals surface area contributed by atoms with Gasteiger partial charge in [0.25, 0.3) is 0 Å². The molecule has 2 aromatic heterocycles. The number of phenols is 1. The number of aromatic hydroxyl groups is 2. The Hall–Kier alpha value is -4.64. The number of hydrogen-bond donors (Lipinski definition) is 4. The minimum Gasteiger partial charge on any atom is -0.504 e. The van der Waals surface area contributed by atoms with Crippen LogP contribution in [0.2, 0.25) is 0 Å². The number of nitrogens with zero attached hydrogens (tertiary/aromatic N) is 2. The molecule has 0 saturated carbocycles. The summed E-state index contributed by atoms with van der Waals surface area (Å²) in [6.07, 6.45) is -0.216. The summed E-state index contributed by atoms with van der Waals surface area (Å²) < 4.78 is 16.1. The molecular formula is C27H28N4O7. The van der Waals surface area contributed by atoms with Crippen molar-refractivity contribution in [3.63, 3.8) is 0 Å². The Morgan fingerprint density at radius 2 is 1.87 bits per heavy atom. The first-order valence-corrected chi connectivity index (χ1v) is 11.8. The predicted octanol–water partition coefficient (Wildman–Crippen LogP) is 3.06. The van der Waals surface area contributed by atoms with Crippen molar-refractivity contribution in [1.29, 1.82) is 0 Å². The molecule has 4 rings (SSSR count). The summed E-state index contributed by atoms with van der Waals surface area (Å²) in [6, 6.07) is 14.2. The van der Waals surface area contributed by atoms with Crippen molar-refractivity contribution in [2.45, 2.75) is 31.9 Å². The van der Waals surface area contributed by atoms with Crippen LogP contribution < -0.4 is 15.5 Å². The van der Waals surface area contributed by atoms with Crippen LogP contribution in [0.1, 0.15) is 52.7 Å². The highest BCUT2D eigenvalue weighted by Gasteiger charge is 2.29. The summed E-state index contributed by atoms with van der Waals surface area (Å²) in [7, 11) is 2.93. The molecule has 0 spiro atoms. The number of aromatic amines is 1. The van der Waals surface area contributed by atoms with Crippen LogP contribution >= 0.6 is 0 Å². The fourth-order valence-corrected chi connectivity index (χ4v) is 4.12. The van der Waals surface area contributed by atoms with Crippen molar-refractivity contribution in [1.82, 2.24) is 20.5 Å². The minimum atomic E-state index is -0.885. The van der Waals surface area contributed by atoms with Crippen molar-refractivity contribution < 1.29 is 28.9 Å². The van der Waals surface area contributed by atoms with Crippen molar-refractivity contribution in [3.8, 4) is 17.2 Å². The molecule has 4 aromatic rings. The number of ether oxygens (including phenoxy) is 2. The molecular weight excluding hydrogens is 492 g/mol. The maximum absolute atomic E-state index is 13.5. The van der Waals surface area contributed by atoms with E-state index in [-0.39, 0.29) is 36.0 Å². The van der Waals surface area contributed by atoms with E-state index < -0.39 is 29.0 Å². The lowest BCUT2D eigenvalue weighted by Gasteiger charge is -2.21. The van der Waals surface area contributed by atoms with Gasteiger partial charge < -0.3 is 29.4 Å². The second-order valence-electron chi connectivity index (χ2n) is 8.61. The van der Waals surface area contributed by atoms with E-state index in [1.165, 1.54) is 32.4 Å². The third kappa shape index (κ3) is 5.84. The van der Waals surface area contributed by atoms with E-state index in [9.17, 15) is 19.8 Å². The highest BCUT2D eigenvalue weighted by Crippen LogP contribution is 2.37. The summed E-state index contributed by atoms with van der Waals surface area (Å²) in [4.78, 5) is 30.3. The molecule has 4 N–H and O–H groups in total. The fraction of sp³-hybridized carbons (Fsp3) is 0.259. The number of rotatable bonds is 10. The number of benzene rings is 2. The summed E-state index contributed by atoms with van der Waals surface area (Å²) in [5.41, 5.74) is 0.598. The van der Waals surface area contributed by atoms with E-state index in [1.54, 1.807) is 13.0 Å². The van der Waals surface area contributed by atoms with Crippen LogP contribution in [0.3, 0.4) is 0 Å². The third-order valence-corrected chi connectivity index (χ3v) is 5.91. The monoisotopic (exact) mass is 520 g/mol. The molecule has 38 heavy (non-hydrogen) atoms. The quantitative estimate of drug-likeness (QED) is 0.246. The molecule has 2 aromatic carbocycles. The Kier molecular flexibility index (Phi) is 8.07. The van der Waals surface area contributed by atoms with Crippen molar-refractivity contribution in [3.05, 3.63) is 99.1 Å². The van der Waals surface area contributed by atoms with Gasteiger partial charge in [-0.15, -0.1) is 0 Å². The Bertz CT molecular complexity index is 1470. The van der Waals surface area contributed by atoms with Gasteiger partial charge in [-0.3, -0.25) is 14.7 Å². The molecule has 2 unspecified atom stereocenters. The molecule has 0 fully saturated rings. The maximum atomic E-state index is 13.5.